The summed E-state index contributed by atoms with van der Waals surface area (Å²) >= 11 is 3.24. The molecule has 5 nitrogen and oxygen atoms in total. The number of carbonyl (C=O) groups excluding carboxylic acids is 1. The molecule has 0 aromatic carbocycles. The minimum Gasteiger partial charge on any atom is -0.458 e. The fraction of sp³-hybridized carbons (Fsp3) is 0.273. The van der Waals surface area contributed by atoms with Crippen molar-refractivity contribution in [3.05, 3.63) is 40.8 Å². The monoisotopic (exact) mass is 297 g/mol. The number of hydrogen-bond acceptors (Lipinski definition) is 3. The highest BCUT2D eigenvalue weighted by molar-refractivity contribution is 9.10. The third-order valence-electron chi connectivity index (χ3n) is 2.37. The van der Waals surface area contributed by atoms with Gasteiger partial charge in [-0.05, 0) is 28.9 Å². The molecule has 0 unspecified atom stereocenters. The molecule has 0 aliphatic heterocycles. The maximum atomic E-state index is 11.7. The Kier molecular flexibility index (Phi) is 3.63. The van der Waals surface area contributed by atoms with E-state index in [2.05, 4.69) is 26.2 Å². The summed E-state index contributed by atoms with van der Waals surface area (Å²) < 4.78 is 7.68. The van der Waals surface area contributed by atoms with Gasteiger partial charge in [0.1, 0.15) is 5.82 Å². The number of aromatic nitrogens is 2. The molecule has 0 spiro atoms. The first-order valence-electron chi connectivity index (χ1n) is 5.23. The van der Waals surface area contributed by atoms with E-state index in [-0.39, 0.29) is 11.7 Å². The second-order valence-corrected chi connectivity index (χ2v) is 4.26. The van der Waals surface area contributed by atoms with E-state index in [4.69, 9.17) is 4.42 Å². The van der Waals surface area contributed by atoms with Crippen LogP contribution in [0.2, 0.25) is 0 Å². The maximum absolute atomic E-state index is 11.7. The van der Waals surface area contributed by atoms with Gasteiger partial charge < -0.3 is 14.3 Å². The van der Waals surface area contributed by atoms with Gasteiger partial charge in [0.15, 0.2) is 0 Å². The lowest BCUT2D eigenvalue weighted by Gasteiger charge is -2.05. The summed E-state index contributed by atoms with van der Waals surface area (Å²) in [6.45, 7) is 3.23. The lowest BCUT2D eigenvalue weighted by atomic mass is 10.4. The molecule has 0 aliphatic carbocycles. The van der Waals surface area contributed by atoms with Crippen molar-refractivity contribution in [1.29, 1.82) is 0 Å². The highest BCUT2D eigenvalue weighted by atomic mass is 79.9. The maximum Gasteiger partial charge on any atom is 0.288 e. The Hall–Kier alpha value is -1.56. The number of rotatable bonds is 4. The molecule has 2 aromatic rings. The number of carbonyl (C=O) groups is 1. The third-order valence-corrected chi connectivity index (χ3v) is 3.00. The quantitative estimate of drug-likeness (QED) is 0.941. The molecule has 1 amide bonds. The van der Waals surface area contributed by atoms with E-state index < -0.39 is 0 Å². The SMILES string of the molecule is CCn1ccnc1CNC(=O)c1occc1Br. The topological polar surface area (TPSA) is 60.1 Å². The molecule has 6 heteroatoms. The van der Waals surface area contributed by atoms with Gasteiger partial charge in [0, 0.05) is 18.9 Å². The van der Waals surface area contributed by atoms with Crippen LogP contribution in [0.15, 0.2) is 33.6 Å². The van der Waals surface area contributed by atoms with Gasteiger partial charge in [0.05, 0.1) is 17.3 Å². The number of aryl methyl sites for hydroxylation is 1. The second kappa shape index (κ2) is 5.18. The van der Waals surface area contributed by atoms with Gasteiger partial charge in [-0.25, -0.2) is 4.98 Å². The first-order chi connectivity index (χ1) is 8.22. The van der Waals surface area contributed by atoms with Crippen molar-refractivity contribution < 1.29 is 9.21 Å². The van der Waals surface area contributed by atoms with E-state index in [0.717, 1.165) is 12.4 Å². The van der Waals surface area contributed by atoms with Crippen LogP contribution >= 0.6 is 15.9 Å². The van der Waals surface area contributed by atoms with E-state index in [1.54, 1.807) is 12.3 Å². The Labute approximate surface area is 107 Å². The largest absolute Gasteiger partial charge is 0.458 e. The van der Waals surface area contributed by atoms with Crippen LogP contribution in [-0.2, 0) is 13.1 Å². The second-order valence-electron chi connectivity index (χ2n) is 3.41. The Morgan fingerprint density at radius 2 is 2.47 bits per heavy atom. The smallest absolute Gasteiger partial charge is 0.288 e. The molecule has 0 atom stereocenters. The zero-order valence-electron chi connectivity index (χ0n) is 9.31. The molecule has 17 heavy (non-hydrogen) atoms. The van der Waals surface area contributed by atoms with Crippen LogP contribution in [0, 0.1) is 0 Å². The third kappa shape index (κ3) is 2.58. The number of amides is 1. The average molecular weight is 298 g/mol. The fourth-order valence-corrected chi connectivity index (χ4v) is 1.87. The first-order valence-corrected chi connectivity index (χ1v) is 6.03. The van der Waals surface area contributed by atoms with Gasteiger partial charge in [0.2, 0.25) is 5.76 Å². The van der Waals surface area contributed by atoms with Gasteiger partial charge in [-0.1, -0.05) is 0 Å². The molecule has 1 N–H and O–H groups in total. The van der Waals surface area contributed by atoms with Crippen molar-refractivity contribution >= 4 is 21.8 Å². The Balaban J connectivity index is 1.99. The molecule has 2 aromatic heterocycles. The number of furan rings is 1. The highest BCUT2D eigenvalue weighted by Crippen LogP contribution is 2.17. The number of nitrogens with one attached hydrogen (secondary N) is 1. The highest BCUT2D eigenvalue weighted by Gasteiger charge is 2.13. The minimum absolute atomic E-state index is 0.257. The lowest BCUT2D eigenvalue weighted by molar-refractivity contribution is 0.0920. The van der Waals surface area contributed by atoms with Gasteiger partial charge in [0.25, 0.3) is 5.91 Å². The first kappa shape index (κ1) is 11.9. The summed E-state index contributed by atoms with van der Waals surface area (Å²) in [5, 5.41) is 2.76. The van der Waals surface area contributed by atoms with Crippen molar-refractivity contribution in [3.63, 3.8) is 0 Å². The zero-order chi connectivity index (χ0) is 12.3. The molecule has 0 fully saturated rings. The summed E-state index contributed by atoms with van der Waals surface area (Å²) in [7, 11) is 0. The predicted molar refractivity (Wildman–Crippen MR) is 65.5 cm³/mol. The summed E-state index contributed by atoms with van der Waals surface area (Å²) in [6, 6.07) is 1.68. The Bertz CT molecular complexity index is 518. The van der Waals surface area contributed by atoms with Gasteiger partial charge in [-0.2, -0.15) is 0 Å². The molecule has 90 valence electrons. The number of imidazole rings is 1. The normalized spacial score (nSPS) is 10.5. The molecule has 0 saturated carbocycles. The fourth-order valence-electron chi connectivity index (χ4n) is 1.49. The lowest BCUT2D eigenvalue weighted by Crippen LogP contribution is -2.24. The van der Waals surface area contributed by atoms with E-state index in [0.29, 0.717) is 11.0 Å². The number of halogens is 1. The van der Waals surface area contributed by atoms with Crippen molar-refractivity contribution in [3.8, 4) is 0 Å². The molecule has 0 saturated heterocycles. The average Bonchev–Trinajstić information content (AvgIpc) is 2.94. The standard InChI is InChI=1S/C11H12BrN3O2/c1-2-15-5-4-13-9(15)7-14-11(16)10-8(12)3-6-17-10/h3-6H,2,7H2,1H3,(H,14,16). The molecular formula is C11H12BrN3O2. The predicted octanol–water partition coefficient (Wildman–Crippen LogP) is 2.19. The van der Waals surface area contributed by atoms with E-state index >= 15 is 0 Å². The molecule has 0 aliphatic rings. The van der Waals surface area contributed by atoms with Crippen molar-refractivity contribution in [2.45, 2.75) is 20.0 Å². The number of nitrogens with zero attached hydrogens (tertiary/aromatic N) is 2. The van der Waals surface area contributed by atoms with Crippen molar-refractivity contribution in [2.24, 2.45) is 0 Å². The Morgan fingerprint density at radius 1 is 1.65 bits per heavy atom. The van der Waals surface area contributed by atoms with Crippen LogP contribution < -0.4 is 5.32 Å². The minimum atomic E-state index is -0.257. The van der Waals surface area contributed by atoms with E-state index in [1.165, 1.54) is 6.26 Å². The number of hydrogen-bond donors (Lipinski definition) is 1. The summed E-state index contributed by atoms with van der Waals surface area (Å²) in [5.74, 6) is 0.843. The van der Waals surface area contributed by atoms with Gasteiger partial charge in [-0.3, -0.25) is 4.79 Å². The summed E-state index contributed by atoms with van der Waals surface area (Å²) in [5.41, 5.74) is 0. The van der Waals surface area contributed by atoms with Crippen molar-refractivity contribution in [1.82, 2.24) is 14.9 Å². The van der Waals surface area contributed by atoms with E-state index in [1.807, 2.05) is 17.7 Å². The Morgan fingerprint density at radius 3 is 3.12 bits per heavy atom. The van der Waals surface area contributed by atoms with Gasteiger partial charge in [-0.15, -0.1) is 0 Å². The van der Waals surface area contributed by atoms with Crippen LogP contribution in [0.1, 0.15) is 23.3 Å². The van der Waals surface area contributed by atoms with Crippen LogP contribution in [0.3, 0.4) is 0 Å². The molecular weight excluding hydrogens is 286 g/mol. The van der Waals surface area contributed by atoms with Crippen LogP contribution in [-0.4, -0.2) is 15.5 Å². The summed E-state index contributed by atoms with van der Waals surface area (Å²) in [6.07, 6.45) is 5.06. The van der Waals surface area contributed by atoms with E-state index in [9.17, 15) is 4.79 Å². The van der Waals surface area contributed by atoms with Crippen LogP contribution in [0.25, 0.3) is 0 Å². The van der Waals surface area contributed by atoms with Crippen LogP contribution in [0.4, 0.5) is 0 Å². The molecule has 0 bridgehead atoms. The van der Waals surface area contributed by atoms with Crippen LogP contribution in [0.5, 0.6) is 0 Å². The van der Waals surface area contributed by atoms with Gasteiger partial charge >= 0.3 is 0 Å². The molecule has 2 heterocycles. The summed E-state index contributed by atoms with van der Waals surface area (Å²) in [4.78, 5) is 15.9. The molecule has 0 radical (unpaired) electrons. The molecule has 2 rings (SSSR count). The zero-order valence-corrected chi connectivity index (χ0v) is 10.9. The van der Waals surface area contributed by atoms with Crippen molar-refractivity contribution in [2.75, 3.05) is 0 Å².